The lowest BCUT2D eigenvalue weighted by molar-refractivity contribution is 0.0267. The van der Waals surface area contributed by atoms with Gasteiger partial charge in [-0.1, -0.05) is 24.4 Å². The van der Waals surface area contributed by atoms with E-state index in [4.69, 9.17) is 21.1 Å². The van der Waals surface area contributed by atoms with Gasteiger partial charge in [-0.2, -0.15) is 0 Å². The molecule has 2 aliphatic rings. The van der Waals surface area contributed by atoms with Crippen LogP contribution in [0.25, 0.3) is 0 Å². The van der Waals surface area contributed by atoms with E-state index in [9.17, 15) is 5.11 Å². The number of rotatable bonds is 7. The number of nitrogens with zero attached hydrogens (tertiary/aromatic N) is 2. The summed E-state index contributed by atoms with van der Waals surface area (Å²) in [5, 5.41) is 10.2. The van der Waals surface area contributed by atoms with Gasteiger partial charge in [0, 0.05) is 56.0 Å². The highest BCUT2D eigenvalue weighted by molar-refractivity contribution is 6.31. The van der Waals surface area contributed by atoms with Gasteiger partial charge in [-0.3, -0.25) is 9.80 Å². The maximum absolute atomic E-state index is 9.53. The predicted octanol–water partition coefficient (Wildman–Crippen LogP) is 3.17. The Bertz CT molecular complexity index is 593. The largest absolute Gasteiger partial charge is 0.493 e. The minimum Gasteiger partial charge on any atom is -0.493 e. The summed E-state index contributed by atoms with van der Waals surface area (Å²) < 4.78 is 10.7. The lowest BCUT2D eigenvalue weighted by Gasteiger charge is -2.44. The van der Waals surface area contributed by atoms with Crippen molar-refractivity contribution >= 4 is 11.6 Å². The van der Waals surface area contributed by atoms with Crippen LogP contribution in [0.15, 0.2) is 12.1 Å². The normalized spacial score (nSPS) is 22.7. The Morgan fingerprint density at radius 2 is 1.81 bits per heavy atom. The molecule has 0 spiro atoms. The molecule has 0 radical (unpaired) electrons. The van der Waals surface area contributed by atoms with Gasteiger partial charge in [0.2, 0.25) is 0 Å². The fraction of sp³-hybridized carbons (Fsp3) is 0.700. The van der Waals surface area contributed by atoms with Gasteiger partial charge >= 0.3 is 0 Å². The van der Waals surface area contributed by atoms with Crippen molar-refractivity contribution in [1.29, 1.82) is 0 Å². The van der Waals surface area contributed by atoms with Crippen LogP contribution in [0.2, 0.25) is 5.02 Å². The summed E-state index contributed by atoms with van der Waals surface area (Å²) in [6.07, 6.45) is 6.15. The quantitative estimate of drug-likeness (QED) is 0.784. The maximum Gasteiger partial charge on any atom is 0.162 e. The molecule has 1 N–H and O–H groups in total. The second-order valence-electron chi connectivity index (χ2n) is 7.38. The van der Waals surface area contributed by atoms with Crippen LogP contribution in [0.5, 0.6) is 11.5 Å². The Morgan fingerprint density at radius 1 is 1.12 bits per heavy atom. The zero-order chi connectivity index (χ0) is 18.5. The third-order valence-corrected chi connectivity index (χ3v) is 6.17. The summed E-state index contributed by atoms with van der Waals surface area (Å²) in [5.74, 6) is 1.37. The number of methoxy groups -OCH3 is 2. The van der Waals surface area contributed by atoms with Crippen molar-refractivity contribution < 1.29 is 14.6 Å². The van der Waals surface area contributed by atoms with Crippen molar-refractivity contribution in [1.82, 2.24) is 9.80 Å². The molecule has 0 bridgehead atoms. The number of hydrogen-bond acceptors (Lipinski definition) is 5. The van der Waals surface area contributed by atoms with Gasteiger partial charge in [0.1, 0.15) is 0 Å². The standard InChI is InChI=1S/C20H31ClN2O3/c1-25-19-11-15(18(21)12-20(19)26-2)13-22-8-9-23(16-5-3-4-6-16)17(14-22)7-10-24/h11-12,16-17,24H,3-10,13-14H2,1-2H3. The van der Waals surface area contributed by atoms with Crippen LogP contribution in [0, 0.1) is 0 Å². The lowest BCUT2D eigenvalue weighted by atomic mass is 10.0. The predicted molar refractivity (Wildman–Crippen MR) is 104 cm³/mol. The molecule has 1 aliphatic carbocycles. The summed E-state index contributed by atoms with van der Waals surface area (Å²) >= 11 is 6.47. The van der Waals surface area contributed by atoms with E-state index in [1.807, 2.05) is 12.1 Å². The second-order valence-corrected chi connectivity index (χ2v) is 7.78. The zero-order valence-electron chi connectivity index (χ0n) is 15.9. The van der Waals surface area contributed by atoms with E-state index in [0.29, 0.717) is 28.6 Å². The molecule has 3 rings (SSSR count). The van der Waals surface area contributed by atoms with Crippen LogP contribution in [-0.4, -0.2) is 67.5 Å². The zero-order valence-corrected chi connectivity index (χ0v) is 16.7. The molecule has 5 nitrogen and oxygen atoms in total. The maximum atomic E-state index is 9.53. The summed E-state index contributed by atoms with van der Waals surface area (Å²) in [7, 11) is 3.27. The second kappa shape index (κ2) is 9.27. The molecule has 1 atom stereocenters. The molecule has 1 aromatic carbocycles. The first-order valence-corrected chi connectivity index (χ1v) is 10.0. The van der Waals surface area contributed by atoms with Crippen molar-refractivity contribution in [2.45, 2.75) is 50.7 Å². The molecule has 1 saturated carbocycles. The molecule has 1 unspecified atom stereocenters. The monoisotopic (exact) mass is 382 g/mol. The van der Waals surface area contributed by atoms with E-state index in [1.165, 1.54) is 25.7 Å². The Balaban J connectivity index is 1.69. The molecular weight excluding hydrogens is 352 g/mol. The molecule has 1 aromatic rings. The third kappa shape index (κ3) is 4.45. The number of hydrogen-bond donors (Lipinski definition) is 1. The summed E-state index contributed by atoms with van der Waals surface area (Å²) in [4.78, 5) is 5.09. The average molecular weight is 383 g/mol. The molecule has 0 aromatic heterocycles. The Hall–Kier alpha value is -1.01. The van der Waals surface area contributed by atoms with Gasteiger partial charge in [-0.05, 0) is 30.9 Å². The summed E-state index contributed by atoms with van der Waals surface area (Å²) in [6, 6.07) is 4.94. The minimum absolute atomic E-state index is 0.249. The average Bonchev–Trinajstić information content (AvgIpc) is 3.18. The highest BCUT2D eigenvalue weighted by Gasteiger charge is 2.33. The van der Waals surface area contributed by atoms with Crippen LogP contribution in [0.3, 0.4) is 0 Å². The lowest BCUT2D eigenvalue weighted by Crippen LogP contribution is -2.56. The van der Waals surface area contributed by atoms with Crippen LogP contribution in [0.4, 0.5) is 0 Å². The highest BCUT2D eigenvalue weighted by Crippen LogP contribution is 2.34. The van der Waals surface area contributed by atoms with Crippen molar-refractivity contribution in [3.8, 4) is 11.5 Å². The van der Waals surface area contributed by atoms with E-state index in [1.54, 1.807) is 14.2 Å². The first-order valence-electron chi connectivity index (χ1n) is 9.65. The van der Waals surface area contributed by atoms with Gasteiger partial charge in [0.15, 0.2) is 11.5 Å². The Morgan fingerprint density at radius 3 is 2.46 bits per heavy atom. The van der Waals surface area contributed by atoms with Crippen LogP contribution in [0.1, 0.15) is 37.7 Å². The van der Waals surface area contributed by atoms with Crippen LogP contribution < -0.4 is 9.47 Å². The van der Waals surface area contributed by atoms with Gasteiger partial charge in [0.05, 0.1) is 14.2 Å². The summed E-state index contributed by atoms with van der Waals surface area (Å²) in [5.41, 5.74) is 1.06. The molecular formula is C20H31ClN2O3. The van der Waals surface area contributed by atoms with Crippen molar-refractivity contribution in [3.63, 3.8) is 0 Å². The fourth-order valence-corrected chi connectivity index (χ4v) is 4.67. The number of aliphatic hydroxyl groups is 1. The van der Waals surface area contributed by atoms with Gasteiger partial charge in [-0.25, -0.2) is 0 Å². The fourth-order valence-electron chi connectivity index (χ4n) is 4.46. The number of aliphatic hydroxyl groups excluding tert-OH is 1. The topological polar surface area (TPSA) is 45.2 Å². The highest BCUT2D eigenvalue weighted by atomic mass is 35.5. The molecule has 1 heterocycles. The first kappa shape index (κ1) is 19.7. The van der Waals surface area contributed by atoms with E-state index in [0.717, 1.165) is 38.2 Å². The third-order valence-electron chi connectivity index (χ3n) is 5.81. The van der Waals surface area contributed by atoms with Crippen molar-refractivity contribution in [3.05, 3.63) is 22.7 Å². The minimum atomic E-state index is 0.249. The summed E-state index contributed by atoms with van der Waals surface area (Å²) in [6.45, 7) is 4.11. The van der Waals surface area contributed by atoms with Gasteiger partial charge in [-0.15, -0.1) is 0 Å². The molecule has 6 heteroatoms. The Labute approximate surface area is 161 Å². The van der Waals surface area contributed by atoms with E-state index in [-0.39, 0.29) is 6.61 Å². The molecule has 1 aliphatic heterocycles. The molecule has 1 saturated heterocycles. The van der Waals surface area contributed by atoms with E-state index < -0.39 is 0 Å². The first-order chi connectivity index (χ1) is 12.7. The molecule has 26 heavy (non-hydrogen) atoms. The van der Waals surface area contributed by atoms with Crippen molar-refractivity contribution in [2.75, 3.05) is 40.5 Å². The van der Waals surface area contributed by atoms with Crippen LogP contribution >= 0.6 is 11.6 Å². The van der Waals surface area contributed by atoms with E-state index in [2.05, 4.69) is 9.80 Å². The molecule has 0 amide bonds. The van der Waals surface area contributed by atoms with Gasteiger partial charge < -0.3 is 14.6 Å². The van der Waals surface area contributed by atoms with Crippen LogP contribution in [-0.2, 0) is 6.54 Å². The smallest absolute Gasteiger partial charge is 0.162 e. The molecule has 146 valence electrons. The van der Waals surface area contributed by atoms with Crippen molar-refractivity contribution in [2.24, 2.45) is 0 Å². The number of halogens is 1. The number of benzene rings is 1. The Kier molecular flexibility index (Phi) is 7.04. The number of ether oxygens (including phenoxy) is 2. The molecule has 2 fully saturated rings. The number of piperazine rings is 1. The van der Waals surface area contributed by atoms with Gasteiger partial charge in [0.25, 0.3) is 0 Å². The SMILES string of the molecule is COc1cc(Cl)c(CN2CCN(C3CCCC3)C(CCO)C2)cc1OC. The van der Waals surface area contributed by atoms with E-state index >= 15 is 0 Å².